The van der Waals surface area contributed by atoms with Crippen LogP contribution in [0.25, 0.3) is 0 Å². The van der Waals surface area contributed by atoms with Gasteiger partial charge in [0.15, 0.2) is 6.10 Å². The summed E-state index contributed by atoms with van der Waals surface area (Å²) in [5.74, 6) is 0.480. The summed E-state index contributed by atoms with van der Waals surface area (Å²) in [6, 6.07) is -1.02. The first kappa shape index (κ1) is 14.7. The Bertz CT molecular complexity index is 169. The Kier molecular flexibility index (Phi) is 6.20. The minimum atomic E-state index is -4.37. The van der Waals surface area contributed by atoms with Crippen LogP contribution in [0.4, 0.5) is 13.2 Å². The molecule has 2 unspecified atom stereocenters. The molecule has 0 aliphatic rings. The molecule has 0 aliphatic heterocycles. The van der Waals surface area contributed by atoms with Gasteiger partial charge in [0.25, 0.3) is 0 Å². The van der Waals surface area contributed by atoms with Crippen molar-refractivity contribution in [3.8, 4) is 0 Å². The molecule has 0 saturated heterocycles. The fraction of sp³-hybridized carbons (Fsp3) is 1.00. The molecule has 0 aromatic carbocycles. The van der Waals surface area contributed by atoms with E-state index in [4.69, 9.17) is 10.5 Å². The van der Waals surface area contributed by atoms with Gasteiger partial charge < -0.3 is 10.5 Å². The first-order chi connectivity index (χ1) is 6.75. The number of nitrogens with two attached hydrogens (primary N) is 1. The Balaban J connectivity index is 3.89. The van der Waals surface area contributed by atoms with Crippen molar-refractivity contribution in [2.24, 2.45) is 11.7 Å². The van der Waals surface area contributed by atoms with Gasteiger partial charge in [-0.2, -0.15) is 13.2 Å². The second-order valence-corrected chi connectivity index (χ2v) is 4.23. The molecule has 15 heavy (non-hydrogen) atoms. The zero-order chi connectivity index (χ0) is 12.1. The standard InChI is InChI=1S/C10H20F3NO/c1-7(2)5-4-6-15-9(8(3)14)10(11,12)13/h7-9H,4-6,14H2,1-3H3. The quantitative estimate of drug-likeness (QED) is 0.708. The molecule has 0 rings (SSSR count). The van der Waals surface area contributed by atoms with Gasteiger partial charge in [0, 0.05) is 12.6 Å². The third-order valence-corrected chi connectivity index (χ3v) is 2.02. The minimum Gasteiger partial charge on any atom is -0.367 e. The highest BCUT2D eigenvalue weighted by molar-refractivity contribution is 4.76. The largest absolute Gasteiger partial charge is 0.416 e. The number of hydrogen-bond acceptors (Lipinski definition) is 2. The van der Waals surface area contributed by atoms with Crippen LogP contribution in [0, 0.1) is 5.92 Å². The van der Waals surface area contributed by atoms with Crippen molar-refractivity contribution in [3.05, 3.63) is 0 Å². The van der Waals surface area contributed by atoms with Crippen molar-refractivity contribution >= 4 is 0 Å². The van der Waals surface area contributed by atoms with E-state index in [0.29, 0.717) is 12.3 Å². The van der Waals surface area contributed by atoms with Crippen LogP contribution >= 0.6 is 0 Å². The summed E-state index contributed by atoms with van der Waals surface area (Å²) in [4.78, 5) is 0. The van der Waals surface area contributed by atoms with Gasteiger partial charge in [0.05, 0.1) is 0 Å². The van der Waals surface area contributed by atoms with Crippen LogP contribution in [-0.4, -0.2) is 24.9 Å². The molecule has 2 atom stereocenters. The summed E-state index contributed by atoms with van der Waals surface area (Å²) in [5, 5.41) is 0. The van der Waals surface area contributed by atoms with Gasteiger partial charge in [0.2, 0.25) is 0 Å². The first-order valence-corrected chi connectivity index (χ1v) is 5.19. The molecule has 0 heterocycles. The maximum Gasteiger partial charge on any atom is 0.416 e. The van der Waals surface area contributed by atoms with Crippen molar-refractivity contribution in [1.82, 2.24) is 0 Å². The van der Waals surface area contributed by atoms with E-state index in [2.05, 4.69) is 0 Å². The fourth-order valence-electron chi connectivity index (χ4n) is 1.25. The fourth-order valence-corrected chi connectivity index (χ4v) is 1.25. The van der Waals surface area contributed by atoms with Crippen molar-refractivity contribution in [2.45, 2.75) is 51.9 Å². The third-order valence-electron chi connectivity index (χ3n) is 2.02. The average Bonchev–Trinajstić information content (AvgIpc) is 1.99. The Labute approximate surface area is 89.0 Å². The lowest BCUT2D eigenvalue weighted by molar-refractivity contribution is -0.225. The molecule has 2 nitrogen and oxygen atoms in total. The Morgan fingerprint density at radius 3 is 2.07 bits per heavy atom. The highest BCUT2D eigenvalue weighted by Crippen LogP contribution is 2.25. The number of alkyl halides is 3. The summed E-state index contributed by atoms with van der Waals surface area (Å²) in [6.07, 6.45) is -4.71. The summed E-state index contributed by atoms with van der Waals surface area (Å²) >= 11 is 0. The van der Waals surface area contributed by atoms with Gasteiger partial charge in [-0.1, -0.05) is 13.8 Å². The highest BCUT2D eigenvalue weighted by Gasteiger charge is 2.42. The lowest BCUT2D eigenvalue weighted by atomic mass is 10.1. The van der Waals surface area contributed by atoms with E-state index < -0.39 is 18.3 Å². The van der Waals surface area contributed by atoms with Crippen LogP contribution in [-0.2, 0) is 4.74 Å². The van der Waals surface area contributed by atoms with Gasteiger partial charge in [0.1, 0.15) is 0 Å². The summed E-state index contributed by atoms with van der Waals surface area (Å²) in [7, 11) is 0. The molecule has 0 aromatic heterocycles. The van der Waals surface area contributed by atoms with Crippen LogP contribution in [0.1, 0.15) is 33.6 Å². The van der Waals surface area contributed by atoms with Gasteiger partial charge in [-0.05, 0) is 25.7 Å². The predicted molar refractivity (Wildman–Crippen MR) is 53.5 cm³/mol. The molecule has 92 valence electrons. The highest BCUT2D eigenvalue weighted by atomic mass is 19.4. The van der Waals surface area contributed by atoms with Crippen molar-refractivity contribution in [3.63, 3.8) is 0 Å². The lowest BCUT2D eigenvalue weighted by Gasteiger charge is -2.24. The van der Waals surface area contributed by atoms with Crippen LogP contribution in [0.3, 0.4) is 0 Å². The minimum absolute atomic E-state index is 0.115. The average molecular weight is 227 g/mol. The number of halogens is 3. The molecule has 0 bridgehead atoms. The molecule has 0 spiro atoms. The van der Waals surface area contributed by atoms with Crippen LogP contribution in [0.15, 0.2) is 0 Å². The zero-order valence-electron chi connectivity index (χ0n) is 9.47. The Hall–Kier alpha value is -0.290. The summed E-state index contributed by atoms with van der Waals surface area (Å²) in [6.45, 7) is 5.46. The number of rotatable bonds is 6. The number of ether oxygens (including phenoxy) is 1. The molecule has 0 aromatic rings. The van der Waals surface area contributed by atoms with Gasteiger partial charge in [-0.3, -0.25) is 0 Å². The van der Waals surface area contributed by atoms with E-state index in [0.717, 1.165) is 6.42 Å². The van der Waals surface area contributed by atoms with Crippen molar-refractivity contribution in [1.29, 1.82) is 0 Å². The molecule has 2 N–H and O–H groups in total. The Morgan fingerprint density at radius 1 is 1.20 bits per heavy atom. The van der Waals surface area contributed by atoms with E-state index in [1.54, 1.807) is 0 Å². The van der Waals surface area contributed by atoms with Gasteiger partial charge in [-0.25, -0.2) is 0 Å². The number of hydrogen-bond donors (Lipinski definition) is 1. The molecule has 0 amide bonds. The molecule has 0 saturated carbocycles. The van der Waals surface area contributed by atoms with E-state index in [9.17, 15) is 13.2 Å². The third kappa shape index (κ3) is 6.73. The molecule has 0 aliphatic carbocycles. The second-order valence-electron chi connectivity index (χ2n) is 4.23. The maximum atomic E-state index is 12.4. The van der Waals surface area contributed by atoms with Gasteiger partial charge >= 0.3 is 6.18 Å². The molecule has 0 fully saturated rings. The predicted octanol–water partition coefficient (Wildman–Crippen LogP) is 2.72. The van der Waals surface area contributed by atoms with Crippen LogP contribution in [0.2, 0.25) is 0 Å². The monoisotopic (exact) mass is 227 g/mol. The topological polar surface area (TPSA) is 35.2 Å². The van der Waals surface area contributed by atoms with E-state index in [1.165, 1.54) is 6.92 Å². The summed E-state index contributed by atoms with van der Waals surface area (Å²) < 4.78 is 41.8. The van der Waals surface area contributed by atoms with Crippen molar-refractivity contribution in [2.75, 3.05) is 6.61 Å². The second kappa shape index (κ2) is 6.33. The van der Waals surface area contributed by atoms with Gasteiger partial charge in [-0.15, -0.1) is 0 Å². The Morgan fingerprint density at radius 2 is 1.73 bits per heavy atom. The van der Waals surface area contributed by atoms with Crippen molar-refractivity contribution < 1.29 is 17.9 Å². The molecular formula is C10H20F3NO. The van der Waals surface area contributed by atoms with E-state index in [1.807, 2.05) is 13.8 Å². The first-order valence-electron chi connectivity index (χ1n) is 5.19. The molecular weight excluding hydrogens is 207 g/mol. The maximum absolute atomic E-state index is 12.4. The lowest BCUT2D eigenvalue weighted by Crippen LogP contribution is -2.45. The normalized spacial score (nSPS) is 16.8. The molecule has 0 radical (unpaired) electrons. The smallest absolute Gasteiger partial charge is 0.367 e. The van der Waals surface area contributed by atoms with Crippen LogP contribution in [0.5, 0.6) is 0 Å². The van der Waals surface area contributed by atoms with E-state index >= 15 is 0 Å². The van der Waals surface area contributed by atoms with Crippen LogP contribution < -0.4 is 5.73 Å². The zero-order valence-corrected chi connectivity index (χ0v) is 9.47. The van der Waals surface area contributed by atoms with E-state index in [-0.39, 0.29) is 6.61 Å². The molecule has 5 heteroatoms. The summed E-state index contributed by atoms with van der Waals surface area (Å²) in [5.41, 5.74) is 5.22. The SMILES string of the molecule is CC(C)CCCOC(C(C)N)C(F)(F)F.